The first-order valence-corrected chi connectivity index (χ1v) is 16.1. The summed E-state index contributed by atoms with van der Waals surface area (Å²) in [5.74, 6) is 0.00710. The van der Waals surface area contributed by atoms with Gasteiger partial charge in [0, 0.05) is 31.3 Å². The van der Waals surface area contributed by atoms with Gasteiger partial charge >= 0.3 is 0 Å². The van der Waals surface area contributed by atoms with Crippen molar-refractivity contribution in [1.82, 2.24) is 16.0 Å². The summed E-state index contributed by atoms with van der Waals surface area (Å²) < 4.78 is 5.79. The van der Waals surface area contributed by atoms with Gasteiger partial charge in [-0.3, -0.25) is 14.4 Å². The van der Waals surface area contributed by atoms with E-state index < -0.39 is 6.17 Å². The topological polar surface area (TPSA) is 109 Å². The number of unbranched alkanes of at least 4 members (excludes halogenated alkanes) is 9. The minimum absolute atomic E-state index is 0.0659. The molecule has 0 radical (unpaired) electrons. The maximum Gasteiger partial charge on any atom is 0.263 e. The highest BCUT2D eigenvalue weighted by molar-refractivity contribution is 5.96. The third-order valence-electron chi connectivity index (χ3n) is 6.96. The van der Waals surface area contributed by atoms with Crippen LogP contribution in [0.25, 0.3) is 6.08 Å². The zero-order valence-corrected chi connectivity index (χ0v) is 26.2. The van der Waals surface area contributed by atoms with Crippen molar-refractivity contribution < 1.29 is 19.1 Å². The quantitative estimate of drug-likeness (QED) is 0.0662. The Hall–Kier alpha value is -3.81. The molecule has 0 aliphatic carbocycles. The van der Waals surface area contributed by atoms with E-state index in [0.717, 1.165) is 18.5 Å². The number of hydrogen-bond acceptors (Lipinski definition) is 5. The third kappa shape index (κ3) is 17.0. The van der Waals surface area contributed by atoms with Crippen molar-refractivity contribution in [2.45, 2.75) is 97.1 Å². The lowest BCUT2D eigenvalue weighted by atomic mass is 10.1. The standard InChI is InChI=1S/C35H52N4O4/c1-3-5-6-7-8-9-10-11-12-16-27-37-32(40)20-17-28-43-31-24-22-30(23-25-31)38-34(35(42)36-4-2)39-33(41)26-21-29-18-14-13-15-19-29/h13-15,18-19,21-26,34,38H,3-12,16-17,20,27-28H2,1-2H3,(H,36,42)(H,37,40)(H,39,41). The van der Waals surface area contributed by atoms with Crippen molar-refractivity contribution in [2.75, 3.05) is 25.0 Å². The average molecular weight is 593 g/mol. The average Bonchev–Trinajstić information content (AvgIpc) is 3.02. The second-order valence-corrected chi connectivity index (χ2v) is 10.7. The molecule has 43 heavy (non-hydrogen) atoms. The summed E-state index contributed by atoms with van der Waals surface area (Å²) in [4.78, 5) is 37.1. The molecule has 1 unspecified atom stereocenters. The van der Waals surface area contributed by atoms with Gasteiger partial charge in [-0.05, 0) is 55.7 Å². The predicted molar refractivity (Wildman–Crippen MR) is 176 cm³/mol. The number of ether oxygens (including phenoxy) is 1. The second-order valence-electron chi connectivity index (χ2n) is 10.7. The van der Waals surface area contributed by atoms with Gasteiger partial charge in [-0.25, -0.2) is 0 Å². The fraction of sp³-hybridized carbons (Fsp3) is 0.514. The van der Waals surface area contributed by atoms with Crippen LogP contribution in [0.1, 0.15) is 96.5 Å². The van der Waals surface area contributed by atoms with Gasteiger partial charge in [0.15, 0.2) is 6.17 Å². The lowest BCUT2D eigenvalue weighted by molar-refractivity contribution is -0.126. The number of benzene rings is 2. The molecule has 0 heterocycles. The molecule has 0 bridgehead atoms. The Bertz CT molecular complexity index is 1070. The van der Waals surface area contributed by atoms with Crippen molar-refractivity contribution in [3.8, 4) is 5.75 Å². The van der Waals surface area contributed by atoms with Gasteiger partial charge in [-0.2, -0.15) is 0 Å². The highest BCUT2D eigenvalue weighted by Gasteiger charge is 2.19. The Labute approximate surface area is 258 Å². The van der Waals surface area contributed by atoms with E-state index in [1.54, 1.807) is 30.3 Å². The number of nitrogens with one attached hydrogen (secondary N) is 4. The van der Waals surface area contributed by atoms with Crippen LogP contribution in [-0.2, 0) is 14.4 Å². The van der Waals surface area contributed by atoms with E-state index in [1.165, 1.54) is 63.9 Å². The first-order chi connectivity index (χ1) is 21.0. The van der Waals surface area contributed by atoms with Crippen LogP contribution in [0.15, 0.2) is 60.7 Å². The first-order valence-electron chi connectivity index (χ1n) is 16.1. The van der Waals surface area contributed by atoms with E-state index in [2.05, 4.69) is 28.2 Å². The Morgan fingerprint density at radius 3 is 2.07 bits per heavy atom. The summed E-state index contributed by atoms with van der Waals surface area (Å²) in [6.07, 6.45) is 16.0. The molecule has 2 rings (SSSR count). The minimum atomic E-state index is -0.946. The molecule has 8 heteroatoms. The van der Waals surface area contributed by atoms with E-state index in [4.69, 9.17) is 4.74 Å². The number of carbonyl (C=O) groups excluding carboxylic acids is 3. The number of amides is 3. The van der Waals surface area contributed by atoms with E-state index in [9.17, 15) is 14.4 Å². The smallest absolute Gasteiger partial charge is 0.263 e. The molecule has 3 amide bonds. The molecule has 2 aromatic carbocycles. The van der Waals surface area contributed by atoms with Crippen LogP contribution in [0, 0.1) is 0 Å². The summed E-state index contributed by atoms with van der Waals surface area (Å²) in [5, 5.41) is 11.5. The highest BCUT2D eigenvalue weighted by atomic mass is 16.5. The minimum Gasteiger partial charge on any atom is -0.494 e. The molecule has 1 atom stereocenters. The second kappa shape index (κ2) is 22.7. The van der Waals surface area contributed by atoms with Gasteiger partial charge in [0.2, 0.25) is 11.8 Å². The lowest BCUT2D eigenvalue weighted by Crippen LogP contribution is -2.50. The monoisotopic (exact) mass is 592 g/mol. The molecule has 4 N–H and O–H groups in total. The van der Waals surface area contributed by atoms with Crippen LogP contribution in [0.2, 0.25) is 0 Å². The molecule has 0 aromatic heterocycles. The summed E-state index contributed by atoms with van der Waals surface area (Å²) in [5.41, 5.74) is 1.54. The zero-order chi connectivity index (χ0) is 31.0. The van der Waals surface area contributed by atoms with Crippen molar-refractivity contribution in [3.63, 3.8) is 0 Å². The van der Waals surface area contributed by atoms with Crippen LogP contribution in [0.3, 0.4) is 0 Å². The SMILES string of the molecule is CCCCCCCCCCCCNC(=O)CCCOc1ccc(NC(NC(=O)C=Cc2ccccc2)C(=O)NCC)cc1. The van der Waals surface area contributed by atoms with Crippen LogP contribution in [-0.4, -0.2) is 43.6 Å². The van der Waals surface area contributed by atoms with Gasteiger partial charge in [0.1, 0.15) is 5.75 Å². The fourth-order valence-corrected chi connectivity index (χ4v) is 4.54. The summed E-state index contributed by atoms with van der Waals surface area (Å²) in [6, 6.07) is 16.6. The van der Waals surface area contributed by atoms with Crippen LogP contribution >= 0.6 is 0 Å². The van der Waals surface area contributed by atoms with Gasteiger partial charge in [0.25, 0.3) is 5.91 Å². The number of likely N-dealkylation sites (N-methyl/N-ethyl adjacent to an activating group) is 1. The first kappa shape index (κ1) is 35.4. The van der Waals surface area contributed by atoms with Crippen LogP contribution in [0.5, 0.6) is 5.75 Å². The Kier molecular flexibility index (Phi) is 18.7. The molecule has 236 valence electrons. The van der Waals surface area contributed by atoms with Crippen LogP contribution < -0.4 is 26.0 Å². The number of hydrogen-bond donors (Lipinski definition) is 4. The van der Waals surface area contributed by atoms with Gasteiger partial charge in [-0.15, -0.1) is 0 Å². The molecule has 8 nitrogen and oxygen atoms in total. The molecule has 0 aliphatic heterocycles. The van der Waals surface area contributed by atoms with E-state index in [1.807, 2.05) is 37.3 Å². The Morgan fingerprint density at radius 1 is 0.767 bits per heavy atom. The zero-order valence-electron chi connectivity index (χ0n) is 26.2. The van der Waals surface area contributed by atoms with Crippen LogP contribution in [0.4, 0.5) is 5.69 Å². The Balaban J connectivity index is 1.63. The Morgan fingerprint density at radius 2 is 1.42 bits per heavy atom. The molecule has 2 aromatic rings. The largest absolute Gasteiger partial charge is 0.494 e. The van der Waals surface area contributed by atoms with Crippen molar-refractivity contribution >= 4 is 29.5 Å². The van der Waals surface area contributed by atoms with E-state index in [-0.39, 0.29) is 17.7 Å². The lowest BCUT2D eigenvalue weighted by Gasteiger charge is -2.20. The molecule has 0 aliphatic rings. The molecule has 0 saturated heterocycles. The number of carbonyl (C=O) groups is 3. The van der Waals surface area contributed by atoms with E-state index >= 15 is 0 Å². The van der Waals surface area contributed by atoms with Gasteiger partial charge < -0.3 is 26.0 Å². The number of anilines is 1. The molecular weight excluding hydrogens is 540 g/mol. The molecular formula is C35H52N4O4. The van der Waals surface area contributed by atoms with E-state index in [0.29, 0.717) is 37.4 Å². The van der Waals surface area contributed by atoms with Gasteiger partial charge in [-0.1, -0.05) is 95.0 Å². The van der Waals surface area contributed by atoms with Gasteiger partial charge in [0.05, 0.1) is 6.61 Å². The summed E-state index contributed by atoms with van der Waals surface area (Å²) in [7, 11) is 0. The van der Waals surface area contributed by atoms with Crippen molar-refractivity contribution in [2.24, 2.45) is 0 Å². The molecule has 0 fully saturated rings. The highest BCUT2D eigenvalue weighted by Crippen LogP contribution is 2.17. The predicted octanol–water partition coefficient (Wildman–Crippen LogP) is 6.59. The molecule has 0 saturated carbocycles. The summed E-state index contributed by atoms with van der Waals surface area (Å²) in [6.45, 7) is 5.69. The third-order valence-corrected chi connectivity index (χ3v) is 6.96. The maximum atomic E-state index is 12.6. The van der Waals surface area contributed by atoms with Crippen molar-refractivity contribution in [3.05, 3.63) is 66.2 Å². The fourth-order valence-electron chi connectivity index (χ4n) is 4.54. The molecule has 0 spiro atoms. The van der Waals surface area contributed by atoms with Crippen molar-refractivity contribution in [1.29, 1.82) is 0 Å². The maximum absolute atomic E-state index is 12.6. The summed E-state index contributed by atoms with van der Waals surface area (Å²) >= 11 is 0. The number of rotatable bonds is 23. The normalized spacial score (nSPS) is 11.6.